The van der Waals surface area contributed by atoms with Crippen LogP contribution in [0.3, 0.4) is 0 Å². The molecule has 4 heterocycles. The summed E-state index contributed by atoms with van der Waals surface area (Å²) in [6, 6.07) is 4.73. The fraction of sp³-hybridized carbons (Fsp3) is 0.440. The lowest BCUT2D eigenvalue weighted by Crippen LogP contribution is -2.40. The molecule has 2 aromatic rings. The zero-order chi connectivity index (χ0) is 26.5. The molecule has 12 heteroatoms. The summed E-state index contributed by atoms with van der Waals surface area (Å²) in [5.41, 5.74) is 1.78. The van der Waals surface area contributed by atoms with Crippen molar-refractivity contribution in [3.63, 3.8) is 0 Å². The summed E-state index contributed by atoms with van der Waals surface area (Å²) in [5.74, 6) is 0.854. The summed E-state index contributed by atoms with van der Waals surface area (Å²) < 4.78 is 15.9. The van der Waals surface area contributed by atoms with Crippen LogP contribution < -0.4 is 15.0 Å². The highest BCUT2D eigenvalue weighted by Gasteiger charge is 2.32. The molecular weight excluding hydrogens is 480 g/mol. The number of nitrogens with one attached hydrogen (secondary N) is 1. The molecular formula is C25H28N6O6. The second-order valence-electron chi connectivity index (χ2n) is 8.93. The average Bonchev–Trinajstić information content (AvgIpc) is 3.20. The van der Waals surface area contributed by atoms with Crippen LogP contribution in [-0.2, 0) is 22.4 Å². The number of urea groups is 1. The summed E-state index contributed by atoms with van der Waals surface area (Å²) in [7, 11) is 1.55. The van der Waals surface area contributed by atoms with E-state index in [0.717, 1.165) is 5.56 Å². The van der Waals surface area contributed by atoms with Gasteiger partial charge in [0.05, 0.1) is 25.4 Å². The fourth-order valence-electron chi connectivity index (χ4n) is 4.28. The van der Waals surface area contributed by atoms with E-state index in [2.05, 4.69) is 15.3 Å². The van der Waals surface area contributed by atoms with Crippen LogP contribution in [0.5, 0.6) is 5.75 Å². The molecule has 194 valence electrons. The molecule has 0 radical (unpaired) electrons. The minimum absolute atomic E-state index is 0.114. The van der Waals surface area contributed by atoms with Crippen LogP contribution in [0, 0.1) is 11.3 Å². The number of carbonyl (C=O) groups excluding carboxylic acids is 3. The largest absolute Gasteiger partial charge is 0.487 e. The van der Waals surface area contributed by atoms with Crippen LogP contribution in [0.4, 0.5) is 21.2 Å². The third kappa shape index (κ3) is 5.62. The number of fused-ring (bicyclic) bond motifs is 1. The maximum absolute atomic E-state index is 13.2. The van der Waals surface area contributed by atoms with Crippen LogP contribution in [0.15, 0.2) is 18.3 Å². The van der Waals surface area contributed by atoms with E-state index in [1.807, 2.05) is 19.1 Å². The van der Waals surface area contributed by atoms with Gasteiger partial charge in [-0.25, -0.2) is 19.6 Å². The molecule has 3 amide bonds. The molecule has 12 nitrogen and oxygen atoms in total. The van der Waals surface area contributed by atoms with Crippen molar-refractivity contribution in [1.82, 2.24) is 14.9 Å². The Morgan fingerprint density at radius 3 is 2.92 bits per heavy atom. The molecule has 0 spiro atoms. The van der Waals surface area contributed by atoms with E-state index in [0.29, 0.717) is 50.3 Å². The maximum atomic E-state index is 13.2. The smallest absolute Gasteiger partial charge is 0.410 e. The quantitative estimate of drug-likeness (QED) is 0.532. The normalized spacial score (nSPS) is 17.5. The molecule has 0 saturated carbocycles. The highest BCUT2D eigenvalue weighted by atomic mass is 16.6. The van der Waals surface area contributed by atoms with Crippen molar-refractivity contribution in [2.24, 2.45) is 0 Å². The van der Waals surface area contributed by atoms with Gasteiger partial charge in [-0.3, -0.25) is 19.9 Å². The number of nitrogens with zero attached hydrogens (tertiary/aromatic N) is 5. The van der Waals surface area contributed by atoms with Crippen LogP contribution in [0.2, 0.25) is 0 Å². The lowest BCUT2D eigenvalue weighted by Gasteiger charge is -2.29. The lowest BCUT2D eigenvalue weighted by molar-refractivity contribution is 0.0919. The molecule has 0 aromatic carbocycles. The van der Waals surface area contributed by atoms with Gasteiger partial charge in [-0.1, -0.05) is 0 Å². The van der Waals surface area contributed by atoms with Gasteiger partial charge in [0.2, 0.25) is 0 Å². The van der Waals surface area contributed by atoms with E-state index >= 15 is 0 Å². The third-order valence-corrected chi connectivity index (χ3v) is 6.14. The Labute approximate surface area is 214 Å². The van der Waals surface area contributed by atoms with Crippen LogP contribution in [0.1, 0.15) is 47.4 Å². The van der Waals surface area contributed by atoms with Gasteiger partial charge in [0.25, 0.3) is 0 Å². The number of pyridine rings is 2. The second-order valence-corrected chi connectivity index (χ2v) is 8.93. The number of aromatic nitrogens is 2. The summed E-state index contributed by atoms with van der Waals surface area (Å²) in [6.45, 7) is 4.87. The van der Waals surface area contributed by atoms with Crippen LogP contribution in [-0.4, -0.2) is 72.3 Å². The number of hydrogen-bond donors (Lipinski definition) is 1. The minimum atomic E-state index is -0.483. The third-order valence-electron chi connectivity index (χ3n) is 6.14. The fourth-order valence-corrected chi connectivity index (χ4v) is 4.28. The highest BCUT2D eigenvalue weighted by molar-refractivity contribution is 6.01. The number of nitriles is 1. The first-order chi connectivity index (χ1) is 17.8. The van der Waals surface area contributed by atoms with E-state index in [-0.39, 0.29) is 41.5 Å². The van der Waals surface area contributed by atoms with Gasteiger partial charge in [0, 0.05) is 25.3 Å². The van der Waals surface area contributed by atoms with Gasteiger partial charge < -0.3 is 14.2 Å². The Morgan fingerprint density at radius 2 is 2.24 bits per heavy atom. The summed E-state index contributed by atoms with van der Waals surface area (Å²) in [6.07, 6.45) is 2.56. The molecule has 0 bridgehead atoms. The number of amides is 3. The zero-order valence-electron chi connectivity index (χ0n) is 20.9. The number of carbonyl (C=O) groups is 3. The standard InChI is InChI=1S/C25H28N6O6/c1-15-13-36-25(34)31(15)11-18-7-17-5-4-6-30(23(17)28-20(18)12-32)24(33)29-22-8-21(19(9-26)10-27-22)37-16(2)14-35-3/h7-8,10,12,15-16H,4-6,11,13-14H2,1-3H3,(H,27,29,33)/t15-,16-/m1/s1. The van der Waals surface area contributed by atoms with Crippen molar-refractivity contribution < 1.29 is 28.6 Å². The van der Waals surface area contributed by atoms with Crippen molar-refractivity contribution in [3.8, 4) is 11.8 Å². The highest BCUT2D eigenvalue weighted by Crippen LogP contribution is 2.30. The van der Waals surface area contributed by atoms with E-state index in [1.165, 1.54) is 17.2 Å². The Kier molecular flexibility index (Phi) is 7.83. The van der Waals surface area contributed by atoms with E-state index in [9.17, 15) is 19.6 Å². The average molecular weight is 509 g/mol. The minimum Gasteiger partial charge on any atom is -0.487 e. The van der Waals surface area contributed by atoms with Gasteiger partial charge >= 0.3 is 12.1 Å². The van der Waals surface area contributed by atoms with Gasteiger partial charge in [-0.15, -0.1) is 0 Å². The zero-order valence-corrected chi connectivity index (χ0v) is 20.9. The number of aldehydes is 1. The molecule has 1 N–H and O–H groups in total. The molecule has 1 saturated heterocycles. The van der Waals surface area contributed by atoms with Crippen molar-refractivity contribution in [3.05, 3.63) is 40.7 Å². The number of ether oxygens (including phenoxy) is 3. The Hall–Kier alpha value is -4.24. The number of methoxy groups -OCH3 is 1. The first-order valence-electron chi connectivity index (χ1n) is 11.9. The monoisotopic (exact) mass is 508 g/mol. The molecule has 2 atom stereocenters. The molecule has 0 aliphatic carbocycles. The Bertz CT molecular complexity index is 1240. The first kappa shape index (κ1) is 25.8. The van der Waals surface area contributed by atoms with Gasteiger partial charge in [-0.05, 0) is 38.3 Å². The van der Waals surface area contributed by atoms with Gasteiger partial charge in [0.1, 0.15) is 47.4 Å². The van der Waals surface area contributed by atoms with E-state index < -0.39 is 12.1 Å². The molecule has 4 rings (SSSR count). The molecule has 2 aliphatic rings. The van der Waals surface area contributed by atoms with Crippen molar-refractivity contribution in [2.75, 3.05) is 37.1 Å². The number of hydrogen-bond acceptors (Lipinski definition) is 9. The summed E-state index contributed by atoms with van der Waals surface area (Å²) in [5, 5.41) is 12.1. The summed E-state index contributed by atoms with van der Waals surface area (Å²) in [4.78, 5) is 48.8. The Balaban J connectivity index is 1.56. The predicted octanol–water partition coefficient (Wildman–Crippen LogP) is 2.90. The van der Waals surface area contributed by atoms with E-state index in [4.69, 9.17) is 14.2 Å². The molecule has 2 aliphatic heterocycles. The second kappa shape index (κ2) is 11.2. The number of anilines is 2. The lowest BCUT2D eigenvalue weighted by atomic mass is 10.0. The van der Waals surface area contributed by atoms with Crippen molar-refractivity contribution in [2.45, 2.75) is 45.4 Å². The summed E-state index contributed by atoms with van der Waals surface area (Å²) >= 11 is 0. The van der Waals surface area contributed by atoms with Gasteiger partial charge in [-0.2, -0.15) is 5.26 Å². The topological polar surface area (TPSA) is 147 Å². The van der Waals surface area contributed by atoms with Crippen molar-refractivity contribution in [1.29, 1.82) is 5.26 Å². The SMILES string of the molecule is COC[C@@H](C)Oc1cc(NC(=O)N2CCCc3cc(CN4C(=O)OC[C@H]4C)c(C=O)nc32)ncc1C#N. The number of cyclic esters (lactones) is 1. The van der Waals surface area contributed by atoms with Crippen molar-refractivity contribution >= 4 is 30.0 Å². The first-order valence-corrected chi connectivity index (χ1v) is 11.9. The molecule has 1 fully saturated rings. The molecule has 2 aromatic heterocycles. The number of rotatable bonds is 8. The molecule has 37 heavy (non-hydrogen) atoms. The van der Waals surface area contributed by atoms with Crippen LogP contribution in [0.25, 0.3) is 0 Å². The maximum Gasteiger partial charge on any atom is 0.410 e. The molecule has 0 unspecified atom stereocenters. The van der Waals surface area contributed by atoms with Gasteiger partial charge in [0.15, 0.2) is 6.29 Å². The van der Waals surface area contributed by atoms with E-state index in [1.54, 1.807) is 18.9 Å². The Morgan fingerprint density at radius 1 is 1.43 bits per heavy atom. The van der Waals surface area contributed by atoms with Crippen LogP contribution >= 0.6 is 0 Å². The number of aryl methyl sites for hydroxylation is 1. The predicted molar refractivity (Wildman–Crippen MR) is 132 cm³/mol.